The molecule has 2 unspecified atom stereocenters. The standard InChI is InChI=1S/C32H33NO5/c1-19-16-23-17-22(10-15-26(23)38-19)29(34)27-28(21-8-11-24(12-9-21)32(2,3)4)33(31(36)30(27)35)18-20-6-13-25(37-5)14-7-20/h6-15,17,19,28,34H,16,18H2,1-5H3/b29-27-. The van der Waals surface area contributed by atoms with Crippen molar-refractivity contribution in [3.8, 4) is 11.5 Å². The summed E-state index contributed by atoms with van der Waals surface area (Å²) in [4.78, 5) is 28.4. The molecule has 2 aliphatic rings. The minimum atomic E-state index is -0.727. The summed E-state index contributed by atoms with van der Waals surface area (Å²) >= 11 is 0. The van der Waals surface area contributed by atoms with Crippen LogP contribution in [-0.4, -0.2) is 34.9 Å². The van der Waals surface area contributed by atoms with E-state index in [2.05, 4.69) is 20.8 Å². The lowest BCUT2D eigenvalue weighted by Gasteiger charge is -2.26. The van der Waals surface area contributed by atoms with Crippen LogP contribution in [0.5, 0.6) is 11.5 Å². The van der Waals surface area contributed by atoms with Crippen molar-refractivity contribution in [3.63, 3.8) is 0 Å². The van der Waals surface area contributed by atoms with Crippen LogP contribution in [0.3, 0.4) is 0 Å². The van der Waals surface area contributed by atoms with Gasteiger partial charge in [-0.15, -0.1) is 0 Å². The number of amides is 1. The van der Waals surface area contributed by atoms with Crippen LogP contribution in [-0.2, 0) is 28.0 Å². The van der Waals surface area contributed by atoms with Crippen molar-refractivity contribution >= 4 is 17.4 Å². The molecule has 1 N–H and O–H groups in total. The van der Waals surface area contributed by atoms with Crippen molar-refractivity contribution in [1.82, 2.24) is 4.90 Å². The largest absolute Gasteiger partial charge is 0.507 e. The summed E-state index contributed by atoms with van der Waals surface area (Å²) in [5, 5.41) is 11.5. The van der Waals surface area contributed by atoms with Gasteiger partial charge in [0.2, 0.25) is 0 Å². The number of Topliss-reactive ketones (excluding diaryl/α,β-unsaturated/α-hetero) is 1. The molecule has 0 bridgehead atoms. The number of carbonyl (C=O) groups excluding carboxylic acids is 2. The first-order valence-corrected chi connectivity index (χ1v) is 12.9. The molecule has 3 aromatic rings. The van der Waals surface area contributed by atoms with Crippen LogP contribution in [0.25, 0.3) is 5.76 Å². The molecule has 6 nitrogen and oxygen atoms in total. The van der Waals surface area contributed by atoms with E-state index >= 15 is 0 Å². The Hall–Kier alpha value is -4.06. The van der Waals surface area contributed by atoms with E-state index in [-0.39, 0.29) is 29.4 Å². The maximum absolute atomic E-state index is 13.5. The first-order chi connectivity index (χ1) is 18.1. The molecular formula is C32H33NO5. The van der Waals surface area contributed by atoms with Crippen LogP contribution in [0.15, 0.2) is 72.3 Å². The quantitative estimate of drug-likeness (QED) is 0.261. The second kappa shape index (κ2) is 9.67. The van der Waals surface area contributed by atoms with E-state index < -0.39 is 17.7 Å². The zero-order chi connectivity index (χ0) is 27.2. The molecule has 3 aromatic carbocycles. The van der Waals surface area contributed by atoms with Gasteiger partial charge in [0.15, 0.2) is 0 Å². The molecule has 6 heteroatoms. The van der Waals surface area contributed by atoms with Gasteiger partial charge in [-0.05, 0) is 64.9 Å². The number of aliphatic hydroxyl groups excluding tert-OH is 1. The number of methoxy groups -OCH3 is 1. The molecule has 0 radical (unpaired) electrons. The number of aliphatic hydroxyl groups is 1. The summed E-state index contributed by atoms with van der Waals surface area (Å²) in [5.74, 6) is -0.00686. The van der Waals surface area contributed by atoms with Crippen molar-refractivity contribution in [3.05, 3.63) is 100 Å². The van der Waals surface area contributed by atoms with Crippen molar-refractivity contribution in [2.24, 2.45) is 0 Å². The highest BCUT2D eigenvalue weighted by molar-refractivity contribution is 6.46. The molecular weight excluding hydrogens is 478 g/mol. The number of benzene rings is 3. The molecule has 1 amide bonds. The summed E-state index contributed by atoms with van der Waals surface area (Å²) in [5.41, 5.74) is 4.28. The van der Waals surface area contributed by atoms with Crippen LogP contribution in [0.2, 0.25) is 0 Å². The molecule has 1 saturated heterocycles. The van der Waals surface area contributed by atoms with Crippen LogP contribution in [0.4, 0.5) is 0 Å². The highest BCUT2D eigenvalue weighted by atomic mass is 16.5. The molecule has 0 spiro atoms. The maximum Gasteiger partial charge on any atom is 0.295 e. The van der Waals surface area contributed by atoms with Crippen molar-refractivity contribution in [2.75, 3.05) is 7.11 Å². The number of rotatable bonds is 5. The van der Waals surface area contributed by atoms with Gasteiger partial charge < -0.3 is 19.5 Å². The van der Waals surface area contributed by atoms with Gasteiger partial charge in [0.1, 0.15) is 23.4 Å². The summed E-state index contributed by atoms with van der Waals surface area (Å²) in [7, 11) is 1.60. The predicted octanol–water partition coefficient (Wildman–Crippen LogP) is 5.94. The molecule has 5 rings (SSSR count). The Kier molecular flexibility index (Phi) is 6.51. The van der Waals surface area contributed by atoms with Gasteiger partial charge in [-0.1, -0.05) is 57.2 Å². The number of fused-ring (bicyclic) bond motifs is 1. The Labute approximate surface area is 223 Å². The molecule has 2 atom stereocenters. The second-order valence-corrected chi connectivity index (χ2v) is 11.1. The highest BCUT2D eigenvalue weighted by Crippen LogP contribution is 2.42. The molecule has 2 heterocycles. The third-order valence-electron chi connectivity index (χ3n) is 7.31. The number of nitrogens with zero attached hydrogens (tertiary/aromatic N) is 1. The number of likely N-dealkylation sites (tertiary alicyclic amines) is 1. The Bertz CT molecular complexity index is 1410. The second-order valence-electron chi connectivity index (χ2n) is 11.1. The summed E-state index contributed by atoms with van der Waals surface area (Å²) < 4.78 is 11.1. The number of ether oxygens (including phenoxy) is 2. The third kappa shape index (κ3) is 4.67. The fourth-order valence-corrected chi connectivity index (χ4v) is 5.21. The van der Waals surface area contributed by atoms with Gasteiger partial charge in [0.25, 0.3) is 11.7 Å². The smallest absolute Gasteiger partial charge is 0.295 e. The SMILES string of the molecule is COc1ccc(CN2C(=O)C(=O)/C(=C(\O)c3ccc4c(c3)CC(C)O4)C2c2ccc(C(C)(C)C)cc2)cc1. The van der Waals surface area contributed by atoms with E-state index in [1.807, 2.05) is 67.6 Å². The van der Waals surface area contributed by atoms with Crippen LogP contribution >= 0.6 is 0 Å². The molecule has 1 fully saturated rings. The topological polar surface area (TPSA) is 76.1 Å². The molecule has 0 aromatic heterocycles. The van der Waals surface area contributed by atoms with Gasteiger partial charge in [-0.25, -0.2) is 0 Å². The van der Waals surface area contributed by atoms with E-state index in [0.29, 0.717) is 11.3 Å². The average Bonchev–Trinajstić information content (AvgIpc) is 3.39. The van der Waals surface area contributed by atoms with Crippen LogP contribution in [0, 0.1) is 0 Å². The minimum Gasteiger partial charge on any atom is -0.507 e. The summed E-state index contributed by atoms with van der Waals surface area (Å²) in [6.45, 7) is 8.61. The molecule has 0 aliphatic carbocycles. The lowest BCUT2D eigenvalue weighted by Crippen LogP contribution is -2.29. The first kappa shape index (κ1) is 25.6. The molecule has 2 aliphatic heterocycles. The van der Waals surface area contributed by atoms with Crippen molar-refractivity contribution < 1.29 is 24.2 Å². The predicted molar refractivity (Wildman–Crippen MR) is 146 cm³/mol. The minimum absolute atomic E-state index is 0.0486. The maximum atomic E-state index is 13.5. The molecule has 0 saturated carbocycles. The Morgan fingerprint density at radius 2 is 1.71 bits per heavy atom. The Morgan fingerprint density at radius 1 is 1.03 bits per heavy atom. The van der Waals surface area contributed by atoms with Crippen molar-refractivity contribution in [1.29, 1.82) is 0 Å². The zero-order valence-electron chi connectivity index (χ0n) is 22.4. The first-order valence-electron chi connectivity index (χ1n) is 12.9. The van der Waals surface area contributed by atoms with Gasteiger partial charge in [0, 0.05) is 18.5 Å². The number of carbonyl (C=O) groups is 2. The monoisotopic (exact) mass is 511 g/mol. The number of hydrogen-bond donors (Lipinski definition) is 1. The Morgan fingerprint density at radius 3 is 2.34 bits per heavy atom. The molecule has 196 valence electrons. The number of ketones is 1. The van der Waals surface area contributed by atoms with Gasteiger partial charge in [-0.3, -0.25) is 9.59 Å². The average molecular weight is 512 g/mol. The fraction of sp³-hybridized carbons (Fsp3) is 0.312. The van der Waals surface area contributed by atoms with Gasteiger partial charge in [0.05, 0.1) is 18.7 Å². The zero-order valence-corrected chi connectivity index (χ0v) is 22.4. The van der Waals surface area contributed by atoms with E-state index in [4.69, 9.17) is 9.47 Å². The van der Waals surface area contributed by atoms with Crippen LogP contribution < -0.4 is 9.47 Å². The summed E-state index contributed by atoms with van der Waals surface area (Å²) in [6, 6.07) is 20.0. The lowest BCUT2D eigenvalue weighted by atomic mass is 9.85. The normalized spacial score (nSPS) is 20.4. The lowest BCUT2D eigenvalue weighted by molar-refractivity contribution is -0.140. The highest BCUT2D eigenvalue weighted by Gasteiger charge is 2.46. The van der Waals surface area contributed by atoms with E-state index in [1.165, 1.54) is 0 Å². The number of hydrogen-bond acceptors (Lipinski definition) is 5. The van der Waals surface area contributed by atoms with Crippen LogP contribution in [0.1, 0.15) is 61.6 Å². The van der Waals surface area contributed by atoms with Gasteiger partial charge in [-0.2, -0.15) is 0 Å². The summed E-state index contributed by atoms with van der Waals surface area (Å²) in [6.07, 6.45) is 0.777. The molecule has 38 heavy (non-hydrogen) atoms. The van der Waals surface area contributed by atoms with Gasteiger partial charge >= 0.3 is 0 Å². The fourth-order valence-electron chi connectivity index (χ4n) is 5.21. The van der Waals surface area contributed by atoms with E-state index in [9.17, 15) is 14.7 Å². The van der Waals surface area contributed by atoms with E-state index in [0.717, 1.165) is 34.4 Å². The van der Waals surface area contributed by atoms with E-state index in [1.54, 1.807) is 18.1 Å². The third-order valence-corrected chi connectivity index (χ3v) is 7.31. The van der Waals surface area contributed by atoms with Crippen molar-refractivity contribution in [2.45, 2.75) is 58.2 Å². The Balaban J connectivity index is 1.60.